The Balaban J connectivity index is 0.830. The van der Waals surface area contributed by atoms with Crippen molar-refractivity contribution in [2.24, 2.45) is 0 Å². The lowest BCUT2D eigenvalue weighted by Gasteiger charge is -2.29. The SMILES string of the molecule is N=C(c1ccc2oc(N)nc2c1)c1c(N)ncnc1NCc1ccc2c(c1)CCN(C(=O)CCOCCOCCOCCOCCOCCOCCOCCOCCNC(=O)O)C2. The maximum Gasteiger partial charge on any atom is 0.404 e. The monoisotopic (exact) mass is 881 g/mol. The predicted octanol–water partition coefficient (Wildman–Crippen LogP) is 2.49. The Morgan fingerprint density at radius 2 is 1.33 bits per heavy atom. The molecule has 3 heterocycles. The normalized spacial score (nSPS) is 12.4. The molecule has 0 fully saturated rings. The first-order valence-corrected chi connectivity index (χ1v) is 20.9. The van der Waals surface area contributed by atoms with Crippen LogP contribution in [0.1, 0.15) is 34.2 Å². The van der Waals surface area contributed by atoms with Gasteiger partial charge in [0.05, 0.1) is 123 Å². The number of carboxylic acid groups (broad SMARTS) is 1. The lowest BCUT2D eigenvalue weighted by Crippen LogP contribution is -2.36. The van der Waals surface area contributed by atoms with Crippen LogP contribution >= 0.6 is 0 Å². The quantitative estimate of drug-likeness (QED) is 0.0303. The number of oxazole rings is 1. The molecular formula is C42H59N9O12. The molecule has 0 radical (unpaired) electrons. The molecule has 0 saturated heterocycles. The molecule has 4 aromatic rings. The second-order valence-electron chi connectivity index (χ2n) is 14.0. The molecule has 2 amide bonds. The molecule has 0 unspecified atom stereocenters. The van der Waals surface area contributed by atoms with E-state index in [9.17, 15) is 9.59 Å². The second-order valence-corrected chi connectivity index (χ2v) is 14.0. The average Bonchev–Trinajstić information content (AvgIpc) is 3.66. The van der Waals surface area contributed by atoms with Crippen molar-refractivity contribution in [2.45, 2.75) is 25.9 Å². The van der Waals surface area contributed by atoms with Crippen LogP contribution in [0.2, 0.25) is 0 Å². The summed E-state index contributed by atoms with van der Waals surface area (Å²) >= 11 is 0. The molecule has 1 aliphatic heterocycles. The number of ether oxygens (including phenoxy) is 8. The Kier molecular flexibility index (Phi) is 21.2. The van der Waals surface area contributed by atoms with Crippen LogP contribution in [0.15, 0.2) is 47.1 Å². The number of hydrogen-bond donors (Lipinski definition) is 6. The highest BCUT2D eigenvalue weighted by Gasteiger charge is 2.22. The summed E-state index contributed by atoms with van der Waals surface area (Å²) in [5.41, 5.74) is 17.4. The van der Waals surface area contributed by atoms with E-state index in [0.29, 0.717) is 160 Å². The van der Waals surface area contributed by atoms with Crippen molar-refractivity contribution in [3.63, 3.8) is 0 Å². The van der Waals surface area contributed by atoms with E-state index in [0.717, 1.165) is 17.5 Å². The first kappa shape index (κ1) is 48.5. The summed E-state index contributed by atoms with van der Waals surface area (Å²) in [5, 5.41) is 22.9. The fraction of sp³-hybridized carbons (Fsp3) is 0.524. The zero-order valence-corrected chi connectivity index (χ0v) is 35.5. The van der Waals surface area contributed by atoms with Gasteiger partial charge in [-0.3, -0.25) is 10.2 Å². The van der Waals surface area contributed by atoms with Crippen LogP contribution in [0.4, 0.5) is 22.4 Å². The van der Waals surface area contributed by atoms with Crippen LogP contribution in [-0.4, -0.2) is 161 Å². The molecular weight excluding hydrogens is 823 g/mol. The van der Waals surface area contributed by atoms with Gasteiger partial charge in [0.15, 0.2) is 5.58 Å². The summed E-state index contributed by atoms with van der Waals surface area (Å²) in [5.74, 6) is 0.668. The first-order chi connectivity index (χ1) is 30.8. The maximum absolute atomic E-state index is 13.0. The molecule has 2 aromatic heterocycles. The number of anilines is 3. The number of fused-ring (bicyclic) bond motifs is 2. The van der Waals surface area contributed by atoms with Crippen LogP contribution in [0, 0.1) is 5.41 Å². The fourth-order valence-electron chi connectivity index (χ4n) is 6.33. The van der Waals surface area contributed by atoms with Gasteiger partial charge >= 0.3 is 6.09 Å². The topological polar surface area (TPSA) is 283 Å². The molecule has 21 nitrogen and oxygen atoms in total. The van der Waals surface area contributed by atoms with Crippen molar-refractivity contribution < 1.29 is 57.0 Å². The molecule has 0 spiro atoms. The average molecular weight is 882 g/mol. The minimum atomic E-state index is -1.07. The number of hydrogen-bond acceptors (Lipinski definition) is 18. The van der Waals surface area contributed by atoms with Crippen LogP contribution in [0.3, 0.4) is 0 Å². The predicted molar refractivity (Wildman–Crippen MR) is 231 cm³/mol. The molecule has 1 aliphatic rings. The highest BCUT2D eigenvalue weighted by molar-refractivity contribution is 6.17. The van der Waals surface area contributed by atoms with E-state index in [-0.39, 0.29) is 30.0 Å². The Morgan fingerprint density at radius 3 is 1.94 bits per heavy atom. The summed E-state index contributed by atoms with van der Waals surface area (Å²) in [4.78, 5) is 37.8. The molecule has 0 aliphatic carbocycles. The molecule has 344 valence electrons. The molecule has 21 heteroatoms. The van der Waals surface area contributed by atoms with Gasteiger partial charge in [-0.15, -0.1) is 0 Å². The smallest absolute Gasteiger partial charge is 0.404 e. The number of nitrogen functional groups attached to an aromatic ring is 2. The Hall–Kier alpha value is -5.52. The molecule has 5 rings (SSSR count). The van der Waals surface area contributed by atoms with Crippen LogP contribution in [0.25, 0.3) is 11.1 Å². The van der Waals surface area contributed by atoms with E-state index in [1.54, 1.807) is 18.2 Å². The molecule has 2 aromatic carbocycles. The summed E-state index contributed by atoms with van der Waals surface area (Å²) < 4.78 is 49.1. The highest BCUT2D eigenvalue weighted by Crippen LogP contribution is 2.26. The Labute approximate surface area is 365 Å². The van der Waals surface area contributed by atoms with Crippen molar-refractivity contribution in [2.75, 3.05) is 136 Å². The zero-order valence-electron chi connectivity index (χ0n) is 35.5. The maximum atomic E-state index is 13.0. The van der Waals surface area contributed by atoms with Gasteiger partial charge in [0.1, 0.15) is 23.5 Å². The highest BCUT2D eigenvalue weighted by atomic mass is 16.6. The summed E-state index contributed by atoms with van der Waals surface area (Å²) in [7, 11) is 0. The zero-order chi connectivity index (χ0) is 44.5. The number of aromatic nitrogens is 3. The number of carbonyl (C=O) groups excluding carboxylic acids is 1. The number of benzene rings is 2. The van der Waals surface area contributed by atoms with Gasteiger partial charge < -0.3 is 74.4 Å². The summed E-state index contributed by atoms with van der Waals surface area (Å²) in [6.07, 6.45) is 1.33. The largest absolute Gasteiger partial charge is 0.465 e. The van der Waals surface area contributed by atoms with Gasteiger partial charge in [-0.2, -0.15) is 4.98 Å². The van der Waals surface area contributed by atoms with Crippen molar-refractivity contribution in [1.82, 2.24) is 25.2 Å². The van der Waals surface area contributed by atoms with Gasteiger partial charge in [-0.25, -0.2) is 14.8 Å². The summed E-state index contributed by atoms with van der Waals surface area (Å²) in [6, 6.07) is 11.4. The fourth-order valence-corrected chi connectivity index (χ4v) is 6.33. The van der Waals surface area contributed by atoms with E-state index in [4.69, 9.17) is 64.3 Å². The standard InChI is InChI=1S/C42H59N9O12/c43-38(32-3-4-35-34(26-32)50-41(45)63-35)37-39(44)48-29-49-40(37)47-27-30-1-2-33-28-51(8-5-31(33)25-30)36(52)6-9-55-11-13-57-15-17-59-19-21-61-23-24-62-22-20-60-18-16-58-14-12-56-10-7-46-42(53)54/h1-4,25-26,29,43,46H,5-24,27-28H2,(H2,45,50)(H,53,54)(H3,44,47,48,49). The number of nitrogens with one attached hydrogen (secondary N) is 3. The van der Waals surface area contributed by atoms with Crippen molar-refractivity contribution in [3.8, 4) is 0 Å². The van der Waals surface area contributed by atoms with Crippen LogP contribution in [0.5, 0.6) is 0 Å². The Bertz CT molecular complexity index is 2020. The summed E-state index contributed by atoms with van der Waals surface area (Å²) in [6.45, 7) is 8.56. The van der Waals surface area contributed by atoms with E-state index >= 15 is 0 Å². The minimum absolute atomic E-state index is 0.0508. The van der Waals surface area contributed by atoms with Crippen LogP contribution in [-0.2, 0) is 62.2 Å². The van der Waals surface area contributed by atoms with Gasteiger partial charge in [0.2, 0.25) is 5.91 Å². The van der Waals surface area contributed by atoms with Crippen molar-refractivity contribution in [3.05, 3.63) is 70.5 Å². The lowest BCUT2D eigenvalue weighted by molar-refractivity contribution is -0.133. The third-order valence-electron chi connectivity index (χ3n) is 9.50. The number of rotatable bonds is 32. The number of amides is 2. The number of nitrogens with zero attached hydrogens (tertiary/aromatic N) is 4. The molecule has 0 atom stereocenters. The third kappa shape index (κ3) is 17.3. The number of carbonyl (C=O) groups is 2. The van der Waals surface area contributed by atoms with Gasteiger partial charge in [-0.05, 0) is 41.3 Å². The molecule has 8 N–H and O–H groups in total. The number of nitrogens with two attached hydrogens (primary N) is 2. The van der Waals surface area contributed by atoms with Gasteiger partial charge in [-0.1, -0.05) is 18.2 Å². The third-order valence-corrected chi connectivity index (χ3v) is 9.50. The Morgan fingerprint density at radius 1 is 0.746 bits per heavy atom. The van der Waals surface area contributed by atoms with Crippen molar-refractivity contribution >= 4 is 46.5 Å². The van der Waals surface area contributed by atoms with Gasteiger partial charge in [0.25, 0.3) is 6.01 Å². The first-order valence-electron chi connectivity index (χ1n) is 20.9. The molecule has 0 bridgehead atoms. The minimum Gasteiger partial charge on any atom is -0.465 e. The van der Waals surface area contributed by atoms with Gasteiger partial charge in [0, 0.05) is 31.7 Å². The lowest BCUT2D eigenvalue weighted by atomic mass is 9.97. The second kappa shape index (κ2) is 27.5. The molecule has 63 heavy (non-hydrogen) atoms. The van der Waals surface area contributed by atoms with E-state index < -0.39 is 6.09 Å². The molecule has 0 saturated carbocycles. The van der Waals surface area contributed by atoms with E-state index in [1.165, 1.54) is 11.9 Å². The van der Waals surface area contributed by atoms with Crippen LogP contribution < -0.4 is 22.1 Å². The van der Waals surface area contributed by atoms with E-state index in [2.05, 4.69) is 37.7 Å². The van der Waals surface area contributed by atoms with Crippen molar-refractivity contribution in [1.29, 1.82) is 5.41 Å². The van der Waals surface area contributed by atoms with E-state index in [1.807, 2.05) is 11.0 Å².